The summed E-state index contributed by atoms with van der Waals surface area (Å²) in [6.45, 7) is 0. The van der Waals surface area contributed by atoms with Gasteiger partial charge in [0.1, 0.15) is 0 Å². The Kier molecular flexibility index (Phi) is 5.89. The minimum absolute atomic E-state index is 0.653. The molecule has 0 radical (unpaired) electrons. The van der Waals surface area contributed by atoms with Gasteiger partial charge in [0, 0.05) is 55.5 Å². The van der Waals surface area contributed by atoms with Crippen molar-refractivity contribution >= 4 is 65.4 Å². The molecule has 4 heterocycles. The van der Waals surface area contributed by atoms with Crippen molar-refractivity contribution in [2.75, 3.05) is 0 Å². The highest BCUT2D eigenvalue weighted by Gasteiger charge is 2.22. The van der Waals surface area contributed by atoms with E-state index in [1.807, 2.05) is 6.07 Å². The maximum Gasteiger partial charge on any atom is 0.235 e. The zero-order chi connectivity index (χ0) is 33.5. The number of para-hydroxylation sites is 4. The molecule has 0 saturated carbocycles. The van der Waals surface area contributed by atoms with Crippen LogP contribution in [0.1, 0.15) is 0 Å². The van der Waals surface area contributed by atoms with Gasteiger partial charge in [-0.3, -0.25) is 4.57 Å². The molecule has 0 atom stereocenters. The van der Waals surface area contributed by atoms with E-state index in [-0.39, 0.29) is 0 Å². The van der Waals surface area contributed by atoms with Gasteiger partial charge in [-0.15, -0.1) is 0 Å². The first-order valence-corrected chi connectivity index (χ1v) is 17.3. The largest absolute Gasteiger partial charge is 0.317 e. The zero-order valence-electron chi connectivity index (χ0n) is 27.5. The number of rotatable bonds is 4. The van der Waals surface area contributed by atoms with Crippen molar-refractivity contribution in [3.63, 3.8) is 0 Å². The van der Waals surface area contributed by atoms with Gasteiger partial charge in [0.15, 0.2) is 0 Å². The van der Waals surface area contributed by atoms with Crippen LogP contribution in [0.4, 0.5) is 0 Å². The summed E-state index contributed by atoms with van der Waals surface area (Å²) in [5.41, 5.74) is 10.8. The molecule has 0 aliphatic rings. The van der Waals surface area contributed by atoms with E-state index in [9.17, 15) is 0 Å². The highest BCUT2D eigenvalue weighted by molar-refractivity contribution is 6.20. The Morgan fingerprint density at radius 1 is 0.373 bits per heavy atom. The molecule has 0 aliphatic heterocycles. The van der Waals surface area contributed by atoms with Gasteiger partial charge in [0.25, 0.3) is 0 Å². The quantitative estimate of drug-likeness (QED) is 0.190. The lowest BCUT2D eigenvalue weighted by Crippen LogP contribution is -2.03. The Hall–Kier alpha value is -6.98. The Morgan fingerprint density at radius 2 is 0.941 bits per heavy atom. The fourth-order valence-corrected chi connectivity index (χ4v) is 7.97. The second kappa shape index (κ2) is 10.8. The summed E-state index contributed by atoms with van der Waals surface area (Å²) < 4.78 is 6.94. The summed E-state index contributed by atoms with van der Waals surface area (Å²) in [6, 6.07) is 60.2. The first-order chi connectivity index (χ1) is 25.3. The minimum atomic E-state index is 0.653. The Balaban J connectivity index is 1.30. The van der Waals surface area contributed by atoms with Crippen LogP contribution >= 0.6 is 0 Å². The summed E-state index contributed by atoms with van der Waals surface area (Å²) in [6.07, 6.45) is 2.16. The standard InChI is InChI=1S/C46H29N5/c1-4-14-30(15-5-1)45-35-21-10-12-22-39(35)47-46(48-45)51-42-26-31-24-25-49(32-16-6-2-7-17-32)41(31)27-37(42)38-29-43-36(28-44(38)51)34-20-11-13-23-40(34)50(43)33-18-8-3-9-19-33/h1-29H. The summed E-state index contributed by atoms with van der Waals surface area (Å²) in [4.78, 5) is 10.7. The van der Waals surface area contributed by atoms with Gasteiger partial charge >= 0.3 is 0 Å². The van der Waals surface area contributed by atoms with Crippen molar-refractivity contribution < 1.29 is 0 Å². The lowest BCUT2D eigenvalue weighted by Gasteiger charge is -2.12. The number of benzene rings is 7. The van der Waals surface area contributed by atoms with Crippen molar-refractivity contribution in [3.05, 3.63) is 176 Å². The monoisotopic (exact) mass is 651 g/mol. The highest BCUT2D eigenvalue weighted by atomic mass is 15.2. The van der Waals surface area contributed by atoms with Crippen LogP contribution in [0.3, 0.4) is 0 Å². The number of hydrogen-bond acceptors (Lipinski definition) is 2. The molecule has 0 fully saturated rings. The van der Waals surface area contributed by atoms with Crippen molar-refractivity contribution in [1.82, 2.24) is 23.7 Å². The molecule has 0 N–H and O–H groups in total. The Bertz CT molecular complexity index is 3120. The first-order valence-electron chi connectivity index (χ1n) is 17.3. The fourth-order valence-electron chi connectivity index (χ4n) is 7.97. The maximum absolute atomic E-state index is 5.38. The van der Waals surface area contributed by atoms with E-state index in [0.717, 1.165) is 71.8 Å². The molecule has 0 saturated heterocycles. The molecular formula is C46H29N5. The van der Waals surface area contributed by atoms with Crippen LogP contribution in [0.2, 0.25) is 0 Å². The van der Waals surface area contributed by atoms with Gasteiger partial charge in [-0.05, 0) is 66.7 Å². The molecule has 5 heteroatoms. The van der Waals surface area contributed by atoms with Gasteiger partial charge in [0.05, 0.1) is 38.8 Å². The SMILES string of the molecule is c1ccc(-c2nc(-n3c4cc5ccn(-c6ccccc6)c5cc4c4cc5c(cc43)c3ccccc3n5-c3ccccc3)nc3ccccc23)cc1. The van der Waals surface area contributed by atoms with Crippen LogP contribution < -0.4 is 0 Å². The number of aromatic nitrogens is 5. The summed E-state index contributed by atoms with van der Waals surface area (Å²) >= 11 is 0. The highest BCUT2D eigenvalue weighted by Crippen LogP contribution is 2.41. The van der Waals surface area contributed by atoms with Crippen molar-refractivity contribution in [1.29, 1.82) is 0 Å². The molecule has 238 valence electrons. The summed E-state index contributed by atoms with van der Waals surface area (Å²) in [7, 11) is 0. The molecule has 11 rings (SSSR count). The van der Waals surface area contributed by atoms with Gasteiger partial charge in [-0.25, -0.2) is 9.97 Å². The third-order valence-corrected chi connectivity index (χ3v) is 10.3. The van der Waals surface area contributed by atoms with E-state index in [2.05, 4.69) is 184 Å². The molecule has 0 aliphatic carbocycles. The number of fused-ring (bicyclic) bond motifs is 8. The van der Waals surface area contributed by atoms with Crippen molar-refractivity contribution in [3.8, 4) is 28.6 Å². The van der Waals surface area contributed by atoms with E-state index in [1.54, 1.807) is 0 Å². The molecule has 4 aromatic heterocycles. The van der Waals surface area contributed by atoms with E-state index < -0.39 is 0 Å². The molecule has 0 unspecified atom stereocenters. The predicted octanol–water partition coefficient (Wildman–Crippen LogP) is 11.4. The molecular weight excluding hydrogens is 623 g/mol. The lowest BCUT2D eigenvalue weighted by molar-refractivity contribution is 1.01. The normalized spacial score (nSPS) is 11.9. The van der Waals surface area contributed by atoms with Crippen LogP contribution in [-0.4, -0.2) is 23.7 Å². The third kappa shape index (κ3) is 4.15. The smallest absolute Gasteiger partial charge is 0.235 e. The fraction of sp³-hybridized carbons (Fsp3) is 0. The molecule has 0 spiro atoms. The van der Waals surface area contributed by atoms with Crippen LogP contribution in [0.5, 0.6) is 0 Å². The number of hydrogen-bond donors (Lipinski definition) is 0. The van der Waals surface area contributed by atoms with Crippen LogP contribution in [-0.2, 0) is 0 Å². The predicted molar refractivity (Wildman–Crippen MR) is 210 cm³/mol. The van der Waals surface area contributed by atoms with E-state index >= 15 is 0 Å². The molecule has 5 nitrogen and oxygen atoms in total. The van der Waals surface area contributed by atoms with Gasteiger partial charge < -0.3 is 9.13 Å². The first kappa shape index (κ1) is 27.9. The third-order valence-electron chi connectivity index (χ3n) is 10.3. The summed E-state index contributed by atoms with van der Waals surface area (Å²) in [5, 5.41) is 6.89. The molecule has 0 bridgehead atoms. The summed E-state index contributed by atoms with van der Waals surface area (Å²) in [5.74, 6) is 0.653. The molecule has 11 aromatic rings. The molecule has 0 amide bonds. The van der Waals surface area contributed by atoms with E-state index in [1.165, 1.54) is 16.3 Å². The zero-order valence-corrected chi connectivity index (χ0v) is 27.5. The van der Waals surface area contributed by atoms with Gasteiger partial charge in [-0.2, -0.15) is 0 Å². The topological polar surface area (TPSA) is 40.6 Å². The van der Waals surface area contributed by atoms with E-state index in [4.69, 9.17) is 9.97 Å². The van der Waals surface area contributed by atoms with Gasteiger partial charge in [-0.1, -0.05) is 103 Å². The van der Waals surface area contributed by atoms with Crippen LogP contribution in [0.25, 0.3) is 94.0 Å². The maximum atomic E-state index is 5.38. The molecule has 7 aromatic carbocycles. The van der Waals surface area contributed by atoms with Crippen LogP contribution in [0.15, 0.2) is 176 Å². The van der Waals surface area contributed by atoms with Crippen LogP contribution in [0, 0.1) is 0 Å². The second-order valence-electron chi connectivity index (χ2n) is 13.1. The average molecular weight is 652 g/mol. The lowest BCUT2D eigenvalue weighted by atomic mass is 10.1. The van der Waals surface area contributed by atoms with Gasteiger partial charge in [0.2, 0.25) is 5.95 Å². The second-order valence-corrected chi connectivity index (χ2v) is 13.1. The van der Waals surface area contributed by atoms with E-state index in [0.29, 0.717) is 5.95 Å². The van der Waals surface area contributed by atoms with Crippen molar-refractivity contribution in [2.24, 2.45) is 0 Å². The van der Waals surface area contributed by atoms with Crippen molar-refractivity contribution in [2.45, 2.75) is 0 Å². The molecule has 51 heavy (non-hydrogen) atoms. The minimum Gasteiger partial charge on any atom is -0.317 e. The Labute approximate surface area is 292 Å². The average Bonchev–Trinajstić information content (AvgIpc) is 3.86. The Morgan fingerprint density at radius 3 is 1.71 bits per heavy atom. The number of nitrogens with zero attached hydrogens (tertiary/aromatic N) is 5.